The first-order chi connectivity index (χ1) is 8.48. The van der Waals surface area contributed by atoms with Crippen molar-refractivity contribution in [2.45, 2.75) is 29.9 Å². The van der Waals surface area contributed by atoms with Gasteiger partial charge in [-0.05, 0) is 0 Å². The number of rotatable bonds is 4. The number of hydrogen-bond acceptors (Lipinski definition) is 1. The minimum Gasteiger partial charge on any atom is -0.192 e. The Balaban J connectivity index is 6.07. The van der Waals surface area contributed by atoms with Crippen LogP contribution in [0.5, 0.6) is 0 Å². The van der Waals surface area contributed by atoms with E-state index in [-0.39, 0.29) is 5.21 Å². The largest absolute Gasteiger partial charge is 0.460 e. The van der Waals surface area contributed by atoms with E-state index in [1.165, 1.54) is 0 Å². The first-order valence-electron chi connectivity index (χ1n) is 3.91. The molecule has 0 bridgehead atoms. The van der Waals surface area contributed by atoms with E-state index in [4.69, 9.17) is 0 Å². The normalized spacial score (nSPS) is 16.6. The summed E-state index contributed by atoms with van der Waals surface area (Å²) in [7, 11) is 0. The van der Waals surface area contributed by atoms with Crippen LogP contribution in [0.15, 0.2) is 5.21 Å². The Labute approximate surface area is 99.5 Å². The van der Waals surface area contributed by atoms with Crippen molar-refractivity contribution in [1.82, 2.24) is 0 Å². The van der Waals surface area contributed by atoms with E-state index in [1.54, 1.807) is 0 Å². The molecule has 0 unspecified atom stereocenters. The predicted molar refractivity (Wildman–Crippen MR) is 35.5 cm³/mol. The Hall–Kier alpha value is -1.24. The second-order valence-corrected chi connectivity index (χ2v) is 3.17. The van der Waals surface area contributed by atoms with Crippen LogP contribution in [0, 0.1) is 0 Å². The highest BCUT2D eigenvalue weighted by Crippen LogP contribution is 2.57. The Bertz CT molecular complexity index is 390. The molecule has 0 rings (SSSR count). The Morgan fingerprint density at radius 3 is 1.20 bits per heavy atom. The summed E-state index contributed by atoms with van der Waals surface area (Å²) in [6.07, 6.45) is -7.36. The number of halogens is 13. The van der Waals surface area contributed by atoms with Gasteiger partial charge in [0.2, 0.25) is 0 Å². The summed E-state index contributed by atoms with van der Waals surface area (Å²) in [6, 6.07) is 0. The third-order valence-corrected chi connectivity index (χ3v) is 1.87. The van der Waals surface area contributed by atoms with Crippen molar-refractivity contribution in [2.24, 2.45) is 5.21 Å². The number of alkyl halides is 11. The zero-order valence-electron chi connectivity index (χ0n) is 8.36. The molecule has 20 heavy (non-hydrogen) atoms. The first-order valence-corrected chi connectivity index (χ1v) is 3.91. The van der Waals surface area contributed by atoms with Crippen molar-refractivity contribution in [3.63, 3.8) is 0 Å². The van der Waals surface area contributed by atoms with Gasteiger partial charge in [-0.25, -0.2) is 0 Å². The highest BCUT2D eigenvalue weighted by Gasteiger charge is 2.88. The second kappa shape index (κ2) is 4.65. The van der Waals surface area contributed by atoms with Gasteiger partial charge in [0.05, 0.1) is 0 Å². The van der Waals surface area contributed by atoms with Crippen LogP contribution in [0.3, 0.4) is 0 Å². The van der Waals surface area contributed by atoms with E-state index in [0.717, 1.165) is 0 Å². The minimum atomic E-state index is -7.79. The molecule has 0 aromatic carbocycles. The van der Waals surface area contributed by atoms with Crippen LogP contribution in [0.2, 0.25) is 0 Å². The van der Waals surface area contributed by atoms with E-state index in [2.05, 4.69) is 0 Å². The number of nitrogens with zero attached hydrogens (tertiary/aromatic N) is 1. The molecule has 0 fully saturated rings. The van der Waals surface area contributed by atoms with Crippen LogP contribution in [0.1, 0.15) is 0 Å². The monoisotopic (exact) mass is 333 g/mol. The summed E-state index contributed by atoms with van der Waals surface area (Å²) in [5, 5.41) is 0.245. The summed E-state index contributed by atoms with van der Waals surface area (Å²) in [4.78, 5) is 0. The predicted octanol–water partition coefficient (Wildman–Crippen LogP) is 4.34. The van der Waals surface area contributed by atoms with Gasteiger partial charge in [0.15, 0.2) is 0 Å². The van der Waals surface area contributed by atoms with Gasteiger partial charge in [-0.2, -0.15) is 52.7 Å². The summed E-state index contributed by atoms with van der Waals surface area (Å²) < 4.78 is 156. The van der Waals surface area contributed by atoms with E-state index < -0.39 is 35.8 Å². The van der Waals surface area contributed by atoms with Gasteiger partial charge in [-0.1, -0.05) is 9.70 Å². The van der Waals surface area contributed by atoms with Crippen LogP contribution < -0.4 is 0 Å². The molecule has 0 aliphatic rings. The van der Waals surface area contributed by atoms with Crippen molar-refractivity contribution in [2.75, 3.05) is 0 Å². The molecule has 1 nitrogen and oxygen atoms in total. The number of hydrogen-bond donors (Lipinski definition) is 0. The first kappa shape index (κ1) is 18.8. The van der Waals surface area contributed by atoms with Gasteiger partial charge in [0.25, 0.3) is 5.97 Å². The summed E-state index contributed by atoms with van der Waals surface area (Å²) in [5.41, 5.74) is 0. The molecule has 0 aliphatic heterocycles. The fraction of sp³-hybridized carbons (Fsp3) is 0.833. The average molecular weight is 333 g/mol. The summed E-state index contributed by atoms with van der Waals surface area (Å²) in [5.74, 6) is -34.3. The van der Waals surface area contributed by atoms with Crippen LogP contribution in [0.4, 0.5) is 57.2 Å². The fourth-order valence-electron chi connectivity index (χ4n) is 0.755. The van der Waals surface area contributed by atoms with Crippen LogP contribution in [0.25, 0.3) is 0 Å². The Morgan fingerprint density at radius 1 is 0.600 bits per heavy atom. The molecule has 120 valence electrons. The summed E-state index contributed by atoms with van der Waals surface area (Å²) in [6.45, 7) is 0. The van der Waals surface area contributed by atoms with Crippen molar-refractivity contribution >= 4 is 5.97 Å². The quantitative estimate of drug-likeness (QED) is 0.536. The molecule has 0 amide bonds. The van der Waals surface area contributed by atoms with Crippen molar-refractivity contribution in [3.8, 4) is 0 Å². The molecule has 0 atom stereocenters. The van der Waals surface area contributed by atoms with Crippen LogP contribution >= 0.6 is 0 Å². The smallest absolute Gasteiger partial charge is 0.192 e. The zero-order chi connectivity index (χ0) is 16.8. The molecule has 0 heterocycles. The van der Waals surface area contributed by atoms with E-state index >= 15 is 0 Å². The van der Waals surface area contributed by atoms with Gasteiger partial charge < -0.3 is 0 Å². The molecule has 0 aromatic heterocycles. The lowest BCUT2D eigenvalue weighted by Crippen LogP contribution is -2.67. The van der Waals surface area contributed by atoms with Gasteiger partial charge in [-0.3, -0.25) is 0 Å². The van der Waals surface area contributed by atoms with Gasteiger partial charge in [-0.15, -0.1) is 0 Å². The molecule has 0 N–H and O–H groups in total. The third-order valence-electron chi connectivity index (χ3n) is 1.87. The standard InChI is InChI=1S/C6F13N/c7-1(20-19)2(8,9)3(10,11)4(12,13)5(14,15)6(16,17)18/b20-1+. The lowest BCUT2D eigenvalue weighted by Gasteiger charge is -2.35. The van der Waals surface area contributed by atoms with E-state index in [0.29, 0.717) is 0 Å². The minimum absolute atomic E-state index is 0.245. The third kappa shape index (κ3) is 2.28. The van der Waals surface area contributed by atoms with Crippen LogP contribution in [-0.2, 0) is 0 Å². The second-order valence-electron chi connectivity index (χ2n) is 3.17. The maximum absolute atomic E-state index is 12.5. The fourth-order valence-corrected chi connectivity index (χ4v) is 0.755. The lowest BCUT2D eigenvalue weighted by atomic mass is 9.98. The van der Waals surface area contributed by atoms with Gasteiger partial charge >= 0.3 is 29.9 Å². The molecule has 0 aromatic rings. The molecular formula is C6F13N. The summed E-state index contributed by atoms with van der Waals surface area (Å²) >= 11 is 0. The average Bonchev–Trinajstić information content (AvgIpc) is 2.25. The molecule has 0 aliphatic carbocycles. The van der Waals surface area contributed by atoms with Crippen molar-refractivity contribution in [1.29, 1.82) is 0 Å². The van der Waals surface area contributed by atoms with Gasteiger partial charge in [0.1, 0.15) is 0 Å². The SMILES string of the molecule is F/N=C(/F)C(F)(F)C(F)(F)C(F)(F)C(F)(F)C(F)(F)F. The lowest BCUT2D eigenvalue weighted by molar-refractivity contribution is -0.415. The van der Waals surface area contributed by atoms with E-state index in [1.807, 2.05) is 0 Å². The molecular weight excluding hydrogens is 333 g/mol. The highest BCUT2D eigenvalue weighted by molar-refractivity contribution is 5.83. The van der Waals surface area contributed by atoms with Crippen molar-refractivity contribution in [3.05, 3.63) is 0 Å². The van der Waals surface area contributed by atoms with Crippen LogP contribution in [-0.4, -0.2) is 35.8 Å². The Kier molecular flexibility index (Phi) is 4.36. The van der Waals surface area contributed by atoms with Gasteiger partial charge in [0, 0.05) is 0 Å². The van der Waals surface area contributed by atoms with Crippen molar-refractivity contribution < 1.29 is 57.2 Å². The maximum Gasteiger partial charge on any atom is 0.460 e. The highest BCUT2D eigenvalue weighted by atomic mass is 19.4. The molecule has 14 heteroatoms. The topological polar surface area (TPSA) is 12.4 Å². The zero-order valence-corrected chi connectivity index (χ0v) is 8.36. The molecule has 0 saturated heterocycles. The Morgan fingerprint density at radius 2 is 0.950 bits per heavy atom. The maximum atomic E-state index is 12.5. The van der Waals surface area contributed by atoms with E-state index in [9.17, 15) is 57.2 Å². The molecule has 0 spiro atoms. The molecule has 0 radical (unpaired) electrons. The molecule has 0 saturated carbocycles.